The average molecular weight is 476 g/mol. The maximum absolute atomic E-state index is 13.2. The Hall–Kier alpha value is -3.81. The predicted octanol–water partition coefficient (Wildman–Crippen LogP) is 2.37. The SMILES string of the molecule is COCCCn1c(NC(=O)c2cccc(C#N)c2)nc2cc(C(=O)N3CCN(C)C[C@H]3C)cnc21. The smallest absolute Gasteiger partial charge is 0.258 e. The molecule has 1 N–H and O–H groups in total. The number of piperazine rings is 1. The van der Waals surface area contributed by atoms with Gasteiger partial charge in [-0.3, -0.25) is 19.5 Å². The monoisotopic (exact) mass is 475 g/mol. The number of ether oxygens (including phenoxy) is 1. The lowest BCUT2D eigenvalue weighted by Gasteiger charge is -2.38. The molecule has 35 heavy (non-hydrogen) atoms. The molecule has 1 aliphatic heterocycles. The number of nitrogens with zero attached hydrogens (tertiary/aromatic N) is 6. The van der Waals surface area contributed by atoms with Crippen LogP contribution in [0.4, 0.5) is 5.95 Å². The number of hydrogen-bond acceptors (Lipinski definition) is 7. The molecule has 0 saturated carbocycles. The number of imidazole rings is 1. The van der Waals surface area contributed by atoms with Gasteiger partial charge in [-0.2, -0.15) is 5.26 Å². The van der Waals surface area contributed by atoms with E-state index in [2.05, 4.69) is 27.2 Å². The molecule has 3 heterocycles. The molecule has 3 aromatic rings. The number of carbonyl (C=O) groups excluding carboxylic acids is 2. The number of nitrogens with one attached hydrogen (secondary N) is 1. The number of rotatable bonds is 7. The van der Waals surface area contributed by atoms with Gasteiger partial charge in [0, 0.05) is 57.7 Å². The van der Waals surface area contributed by atoms with Gasteiger partial charge in [-0.1, -0.05) is 6.07 Å². The fourth-order valence-electron chi connectivity index (χ4n) is 4.31. The van der Waals surface area contributed by atoms with Gasteiger partial charge in [0.05, 0.1) is 17.2 Å². The zero-order chi connectivity index (χ0) is 24.9. The summed E-state index contributed by atoms with van der Waals surface area (Å²) in [7, 11) is 3.68. The summed E-state index contributed by atoms with van der Waals surface area (Å²) in [4.78, 5) is 39.3. The van der Waals surface area contributed by atoms with Crippen molar-refractivity contribution in [1.82, 2.24) is 24.3 Å². The molecule has 1 atom stereocenters. The number of nitriles is 1. The Kier molecular flexibility index (Phi) is 7.39. The zero-order valence-electron chi connectivity index (χ0n) is 20.2. The molecule has 2 amide bonds. The Bertz CT molecular complexity index is 1280. The van der Waals surface area contributed by atoms with E-state index in [9.17, 15) is 9.59 Å². The summed E-state index contributed by atoms with van der Waals surface area (Å²) in [5, 5.41) is 12.0. The molecule has 10 heteroatoms. The Labute approximate surface area is 204 Å². The number of aromatic nitrogens is 3. The largest absolute Gasteiger partial charge is 0.385 e. The second-order valence-electron chi connectivity index (χ2n) is 8.76. The van der Waals surface area contributed by atoms with Crippen LogP contribution in [-0.4, -0.2) is 82.6 Å². The van der Waals surface area contributed by atoms with E-state index in [0.717, 1.165) is 13.1 Å². The van der Waals surface area contributed by atoms with E-state index in [-0.39, 0.29) is 17.9 Å². The zero-order valence-corrected chi connectivity index (χ0v) is 20.2. The molecule has 0 aliphatic carbocycles. The van der Waals surface area contributed by atoms with Crippen LogP contribution in [0.3, 0.4) is 0 Å². The lowest BCUT2D eigenvalue weighted by Crippen LogP contribution is -2.52. The van der Waals surface area contributed by atoms with Crippen LogP contribution in [0.2, 0.25) is 0 Å². The number of benzene rings is 1. The maximum Gasteiger partial charge on any atom is 0.258 e. The highest BCUT2D eigenvalue weighted by Crippen LogP contribution is 2.22. The van der Waals surface area contributed by atoms with Gasteiger partial charge < -0.3 is 14.5 Å². The molecule has 4 rings (SSSR count). The third-order valence-electron chi connectivity index (χ3n) is 6.13. The lowest BCUT2D eigenvalue weighted by atomic mass is 10.1. The van der Waals surface area contributed by atoms with Crippen molar-refractivity contribution in [3.8, 4) is 6.07 Å². The number of hydrogen-bond donors (Lipinski definition) is 1. The van der Waals surface area contributed by atoms with Crippen molar-refractivity contribution in [3.63, 3.8) is 0 Å². The van der Waals surface area contributed by atoms with Gasteiger partial charge in [0.15, 0.2) is 5.65 Å². The molecule has 1 saturated heterocycles. The molecule has 1 fully saturated rings. The summed E-state index contributed by atoms with van der Waals surface area (Å²) in [6.07, 6.45) is 2.27. The number of fused-ring (bicyclic) bond motifs is 1. The summed E-state index contributed by atoms with van der Waals surface area (Å²) < 4.78 is 6.99. The molecule has 1 aliphatic rings. The number of amides is 2. The standard InChI is InChI=1S/C25H29N7O3/c1-17-16-30(2)9-10-31(17)24(34)20-13-21-22(27-15-20)32(8-5-11-35-3)25(28-21)29-23(33)19-7-4-6-18(12-19)14-26/h4,6-7,12-13,15,17H,5,8-11,16H2,1-3H3,(H,28,29,33)/t17-/m1/s1. The number of likely N-dealkylation sites (N-methyl/N-ethyl adjacent to an activating group) is 1. The first-order valence-electron chi connectivity index (χ1n) is 11.6. The van der Waals surface area contributed by atoms with Gasteiger partial charge in [-0.15, -0.1) is 0 Å². The number of methoxy groups -OCH3 is 1. The molecule has 2 aromatic heterocycles. The van der Waals surface area contributed by atoms with Crippen LogP contribution in [0.1, 0.15) is 39.6 Å². The van der Waals surface area contributed by atoms with E-state index in [4.69, 9.17) is 10.00 Å². The highest BCUT2D eigenvalue weighted by molar-refractivity contribution is 6.04. The quantitative estimate of drug-likeness (QED) is 0.522. The Morgan fingerprint density at radius 2 is 2.09 bits per heavy atom. The van der Waals surface area contributed by atoms with Crippen molar-refractivity contribution in [2.75, 3.05) is 45.7 Å². The first-order chi connectivity index (χ1) is 16.9. The molecule has 0 radical (unpaired) electrons. The van der Waals surface area contributed by atoms with Crippen molar-refractivity contribution >= 4 is 28.9 Å². The van der Waals surface area contributed by atoms with Crippen LogP contribution in [-0.2, 0) is 11.3 Å². The predicted molar refractivity (Wildman–Crippen MR) is 131 cm³/mol. The molecular weight excluding hydrogens is 446 g/mol. The number of carbonyl (C=O) groups is 2. The summed E-state index contributed by atoms with van der Waals surface area (Å²) in [5.41, 5.74) is 2.32. The second-order valence-corrected chi connectivity index (χ2v) is 8.76. The van der Waals surface area contributed by atoms with Gasteiger partial charge >= 0.3 is 0 Å². The normalized spacial score (nSPS) is 16.3. The fourth-order valence-corrected chi connectivity index (χ4v) is 4.31. The van der Waals surface area contributed by atoms with Crippen LogP contribution in [0.15, 0.2) is 36.5 Å². The van der Waals surface area contributed by atoms with E-state index < -0.39 is 0 Å². The highest BCUT2D eigenvalue weighted by atomic mass is 16.5. The van der Waals surface area contributed by atoms with Crippen LogP contribution < -0.4 is 5.32 Å². The molecule has 0 bridgehead atoms. The number of aryl methyl sites for hydroxylation is 1. The minimum absolute atomic E-state index is 0.0761. The summed E-state index contributed by atoms with van der Waals surface area (Å²) in [6, 6.07) is 10.3. The van der Waals surface area contributed by atoms with Crippen molar-refractivity contribution in [2.45, 2.75) is 25.9 Å². The lowest BCUT2D eigenvalue weighted by molar-refractivity contribution is 0.0533. The first-order valence-corrected chi connectivity index (χ1v) is 11.6. The van der Waals surface area contributed by atoms with E-state index in [1.54, 1.807) is 37.6 Å². The average Bonchev–Trinajstić information content (AvgIpc) is 3.20. The molecule has 1 aromatic carbocycles. The molecule has 0 spiro atoms. The van der Waals surface area contributed by atoms with E-state index in [1.165, 1.54) is 6.07 Å². The van der Waals surface area contributed by atoms with Crippen LogP contribution in [0, 0.1) is 11.3 Å². The van der Waals surface area contributed by atoms with Crippen molar-refractivity contribution < 1.29 is 14.3 Å². The van der Waals surface area contributed by atoms with Gasteiger partial charge in [-0.05, 0) is 44.7 Å². The highest BCUT2D eigenvalue weighted by Gasteiger charge is 2.27. The first kappa shape index (κ1) is 24.3. The molecule has 182 valence electrons. The minimum atomic E-state index is -0.382. The van der Waals surface area contributed by atoms with Gasteiger partial charge in [0.1, 0.15) is 5.52 Å². The van der Waals surface area contributed by atoms with Gasteiger partial charge in [0.2, 0.25) is 5.95 Å². The number of pyridine rings is 1. The molecule has 10 nitrogen and oxygen atoms in total. The van der Waals surface area contributed by atoms with Crippen molar-refractivity contribution in [3.05, 3.63) is 53.2 Å². The van der Waals surface area contributed by atoms with E-state index in [0.29, 0.717) is 59.9 Å². The summed E-state index contributed by atoms with van der Waals surface area (Å²) in [5.74, 6) is -0.130. The van der Waals surface area contributed by atoms with Crippen LogP contribution in [0.5, 0.6) is 0 Å². The Morgan fingerprint density at radius 3 is 2.83 bits per heavy atom. The maximum atomic E-state index is 13.2. The summed E-state index contributed by atoms with van der Waals surface area (Å²) >= 11 is 0. The third-order valence-corrected chi connectivity index (χ3v) is 6.13. The molecular formula is C25H29N7O3. The van der Waals surface area contributed by atoms with Gasteiger partial charge in [-0.25, -0.2) is 9.97 Å². The topological polar surface area (TPSA) is 116 Å². The van der Waals surface area contributed by atoms with E-state index in [1.807, 2.05) is 22.5 Å². The van der Waals surface area contributed by atoms with Crippen molar-refractivity contribution in [2.24, 2.45) is 0 Å². The fraction of sp³-hybridized carbons (Fsp3) is 0.400. The third kappa shape index (κ3) is 5.31. The van der Waals surface area contributed by atoms with Crippen LogP contribution in [0.25, 0.3) is 11.2 Å². The summed E-state index contributed by atoms with van der Waals surface area (Å²) in [6.45, 7) is 5.40. The van der Waals surface area contributed by atoms with E-state index >= 15 is 0 Å². The Balaban J connectivity index is 1.64. The minimum Gasteiger partial charge on any atom is -0.385 e. The molecule has 0 unspecified atom stereocenters. The second kappa shape index (κ2) is 10.6. The Morgan fingerprint density at radius 1 is 1.26 bits per heavy atom. The van der Waals surface area contributed by atoms with Crippen LogP contribution >= 0.6 is 0 Å². The number of anilines is 1. The van der Waals surface area contributed by atoms with Gasteiger partial charge in [0.25, 0.3) is 11.8 Å². The van der Waals surface area contributed by atoms with Crippen molar-refractivity contribution in [1.29, 1.82) is 5.26 Å².